The molecule has 0 bridgehead atoms. The van der Waals surface area contributed by atoms with E-state index in [1.807, 2.05) is 48.5 Å². The van der Waals surface area contributed by atoms with Gasteiger partial charge in [0.15, 0.2) is 0 Å². The van der Waals surface area contributed by atoms with E-state index in [1.165, 1.54) is 0 Å². The second kappa shape index (κ2) is 12.0. The molecule has 188 valence electrons. The number of hydrogen-bond acceptors (Lipinski definition) is 6. The number of hydrogen-bond donors (Lipinski definition) is 1. The lowest BCUT2D eigenvalue weighted by molar-refractivity contribution is -0.129. The van der Waals surface area contributed by atoms with Crippen LogP contribution in [-0.4, -0.2) is 70.3 Å². The van der Waals surface area contributed by atoms with Gasteiger partial charge in [0.25, 0.3) is 0 Å². The quantitative estimate of drug-likeness (QED) is 0.555. The standard InChI is InChI=1S/C27H35N3O5/c1-33-22-8-4-20(5-9-22)26-24(27(32)28-14-3-15-29-16-18-35-19-17-29)12-13-25(31)30(26)21-6-10-23(34-2)11-7-21/h4-11,24,26H,3,12-19H2,1-2H3,(H,28,32)/t24-,26-/m1/s1. The summed E-state index contributed by atoms with van der Waals surface area (Å²) >= 11 is 0. The highest BCUT2D eigenvalue weighted by molar-refractivity contribution is 5.97. The summed E-state index contributed by atoms with van der Waals surface area (Å²) in [5, 5.41) is 3.14. The zero-order chi connectivity index (χ0) is 24.6. The van der Waals surface area contributed by atoms with E-state index in [1.54, 1.807) is 19.1 Å². The zero-order valence-corrected chi connectivity index (χ0v) is 20.6. The van der Waals surface area contributed by atoms with Gasteiger partial charge >= 0.3 is 0 Å². The molecule has 2 amide bonds. The Morgan fingerprint density at radius 3 is 2.26 bits per heavy atom. The van der Waals surface area contributed by atoms with Gasteiger partial charge in [0.1, 0.15) is 11.5 Å². The van der Waals surface area contributed by atoms with Crippen molar-refractivity contribution in [3.05, 3.63) is 54.1 Å². The van der Waals surface area contributed by atoms with Crippen LogP contribution in [0.25, 0.3) is 0 Å². The summed E-state index contributed by atoms with van der Waals surface area (Å²) < 4.78 is 16.0. The van der Waals surface area contributed by atoms with Crippen LogP contribution in [0.4, 0.5) is 5.69 Å². The summed E-state index contributed by atoms with van der Waals surface area (Å²) in [4.78, 5) is 30.7. The molecule has 0 spiro atoms. The van der Waals surface area contributed by atoms with E-state index in [0.29, 0.717) is 25.1 Å². The largest absolute Gasteiger partial charge is 0.497 e. The molecule has 4 rings (SSSR count). The molecular weight excluding hydrogens is 446 g/mol. The summed E-state index contributed by atoms with van der Waals surface area (Å²) in [6.07, 6.45) is 1.72. The Hall–Kier alpha value is -3.10. The van der Waals surface area contributed by atoms with Gasteiger partial charge in [-0.2, -0.15) is 0 Å². The maximum absolute atomic E-state index is 13.4. The Bertz CT molecular complexity index is 973. The third-order valence-corrected chi connectivity index (χ3v) is 6.80. The van der Waals surface area contributed by atoms with E-state index in [0.717, 1.165) is 56.3 Å². The predicted octanol–water partition coefficient (Wildman–Crippen LogP) is 3.03. The number of nitrogens with zero attached hydrogens (tertiary/aromatic N) is 2. The first-order chi connectivity index (χ1) is 17.1. The Morgan fingerprint density at radius 1 is 1.00 bits per heavy atom. The number of nitrogens with one attached hydrogen (secondary N) is 1. The van der Waals surface area contributed by atoms with Crippen molar-refractivity contribution < 1.29 is 23.8 Å². The lowest BCUT2D eigenvalue weighted by atomic mass is 9.83. The molecule has 0 saturated carbocycles. The van der Waals surface area contributed by atoms with Crippen LogP contribution >= 0.6 is 0 Å². The van der Waals surface area contributed by atoms with Crippen LogP contribution in [0.1, 0.15) is 30.9 Å². The lowest BCUT2D eigenvalue weighted by Gasteiger charge is -2.41. The Balaban J connectivity index is 1.52. The van der Waals surface area contributed by atoms with Crippen LogP contribution in [-0.2, 0) is 14.3 Å². The molecule has 0 aromatic heterocycles. The van der Waals surface area contributed by atoms with Crippen molar-refractivity contribution in [2.24, 2.45) is 5.92 Å². The Kier molecular flexibility index (Phi) is 8.60. The van der Waals surface area contributed by atoms with E-state index >= 15 is 0 Å². The third-order valence-electron chi connectivity index (χ3n) is 6.80. The summed E-state index contributed by atoms with van der Waals surface area (Å²) in [6, 6.07) is 14.6. The topological polar surface area (TPSA) is 80.3 Å². The van der Waals surface area contributed by atoms with Crippen molar-refractivity contribution in [1.29, 1.82) is 0 Å². The van der Waals surface area contributed by atoms with Gasteiger partial charge in [0, 0.05) is 31.7 Å². The minimum absolute atomic E-state index is 0.00681. The third kappa shape index (κ3) is 6.13. The number of methoxy groups -OCH3 is 2. The minimum Gasteiger partial charge on any atom is -0.497 e. The molecule has 2 aromatic rings. The first-order valence-corrected chi connectivity index (χ1v) is 12.3. The molecule has 0 unspecified atom stereocenters. The molecule has 2 aromatic carbocycles. The van der Waals surface area contributed by atoms with Crippen LogP contribution in [0.2, 0.25) is 0 Å². The van der Waals surface area contributed by atoms with Crippen molar-refractivity contribution in [1.82, 2.24) is 10.2 Å². The van der Waals surface area contributed by atoms with Crippen LogP contribution < -0.4 is 19.7 Å². The average molecular weight is 482 g/mol. The van der Waals surface area contributed by atoms with Gasteiger partial charge in [-0.3, -0.25) is 14.5 Å². The van der Waals surface area contributed by atoms with Gasteiger partial charge in [-0.1, -0.05) is 12.1 Å². The maximum Gasteiger partial charge on any atom is 0.227 e. The number of amides is 2. The van der Waals surface area contributed by atoms with Gasteiger partial charge in [0.05, 0.1) is 39.4 Å². The minimum atomic E-state index is -0.408. The summed E-state index contributed by atoms with van der Waals surface area (Å²) in [6.45, 7) is 4.97. The molecule has 2 heterocycles. The molecule has 35 heavy (non-hydrogen) atoms. The van der Waals surface area contributed by atoms with Crippen molar-refractivity contribution in [3.63, 3.8) is 0 Å². The van der Waals surface area contributed by atoms with E-state index in [4.69, 9.17) is 14.2 Å². The molecule has 8 heteroatoms. The number of ether oxygens (including phenoxy) is 3. The van der Waals surface area contributed by atoms with Crippen molar-refractivity contribution in [2.75, 3.05) is 58.5 Å². The fourth-order valence-electron chi connectivity index (χ4n) is 4.87. The maximum atomic E-state index is 13.4. The van der Waals surface area contributed by atoms with Crippen LogP contribution in [0.15, 0.2) is 48.5 Å². The van der Waals surface area contributed by atoms with E-state index in [9.17, 15) is 9.59 Å². The first-order valence-electron chi connectivity index (χ1n) is 12.3. The van der Waals surface area contributed by atoms with Crippen molar-refractivity contribution in [3.8, 4) is 11.5 Å². The molecule has 2 atom stereocenters. The number of morpholine rings is 1. The highest BCUT2D eigenvalue weighted by Crippen LogP contribution is 2.40. The lowest BCUT2D eigenvalue weighted by Crippen LogP contribution is -2.48. The second-order valence-corrected chi connectivity index (χ2v) is 8.92. The number of rotatable bonds is 9. The highest BCUT2D eigenvalue weighted by atomic mass is 16.5. The summed E-state index contributed by atoms with van der Waals surface area (Å²) in [5.74, 6) is 1.09. The van der Waals surface area contributed by atoms with Crippen LogP contribution in [0.3, 0.4) is 0 Å². The van der Waals surface area contributed by atoms with Gasteiger partial charge in [0.2, 0.25) is 11.8 Å². The van der Waals surface area contributed by atoms with Crippen LogP contribution in [0.5, 0.6) is 11.5 Å². The average Bonchev–Trinajstić information content (AvgIpc) is 2.91. The van der Waals surface area contributed by atoms with E-state index < -0.39 is 6.04 Å². The molecule has 2 aliphatic rings. The molecule has 2 fully saturated rings. The SMILES string of the molecule is COc1ccc([C@@H]2[C@H](C(=O)NCCCN3CCOCC3)CCC(=O)N2c2ccc(OC)cc2)cc1. The highest BCUT2D eigenvalue weighted by Gasteiger charge is 2.41. The van der Waals surface area contributed by atoms with Crippen LogP contribution in [0, 0.1) is 5.92 Å². The molecule has 0 aliphatic carbocycles. The monoisotopic (exact) mass is 481 g/mol. The van der Waals surface area contributed by atoms with Gasteiger partial charge in [-0.25, -0.2) is 0 Å². The molecule has 2 aliphatic heterocycles. The number of carbonyl (C=O) groups excluding carboxylic acids is 2. The smallest absolute Gasteiger partial charge is 0.227 e. The summed E-state index contributed by atoms with van der Waals surface area (Å²) in [5.41, 5.74) is 1.66. The Labute approximate surface area is 207 Å². The molecule has 0 radical (unpaired) electrons. The van der Waals surface area contributed by atoms with Gasteiger partial charge in [-0.15, -0.1) is 0 Å². The second-order valence-electron chi connectivity index (χ2n) is 8.92. The van der Waals surface area contributed by atoms with Gasteiger partial charge < -0.3 is 24.4 Å². The fourth-order valence-corrected chi connectivity index (χ4v) is 4.87. The van der Waals surface area contributed by atoms with E-state index in [-0.39, 0.29) is 17.7 Å². The number of benzene rings is 2. The van der Waals surface area contributed by atoms with E-state index in [2.05, 4.69) is 10.2 Å². The number of anilines is 1. The Morgan fingerprint density at radius 2 is 1.63 bits per heavy atom. The summed E-state index contributed by atoms with van der Waals surface area (Å²) in [7, 11) is 3.23. The molecule has 1 N–H and O–H groups in total. The molecule has 2 saturated heterocycles. The fraction of sp³-hybridized carbons (Fsp3) is 0.481. The number of piperidine rings is 1. The first kappa shape index (κ1) is 25.0. The zero-order valence-electron chi connectivity index (χ0n) is 20.6. The van der Waals surface area contributed by atoms with Crippen molar-refractivity contribution >= 4 is 17.5 Å². The predicted molar refractivity (Wildman–Crippen MR) is 134 cm³/mol. The van der Waals surface area contributed by atoms with Crippen molar-refractivity contribution in [2.45, 2.75) is 25.3 Å². The normalized spacial score (nSPS) is 21.0. The number of carbonyl (C=O) groups is 2. The molecule has 8 nitrogen and oxygen atoms in total. The molecular formula is C27H35N3O5. The van der Waals surface area contributed by atoms with Gasteiger partial charge in [-0.05, 0) is 61.3 Å².